The Morgan fingerprint density at radius 2 is 2.28 bits per heavy atom. The molecule has 1 aromatic carbocycles. The van der Waals surface area contributed by atoms with Crippen molar-refractivity contribution in [3.05, 3.63) is 44.8 Å². The summed E-state index contributed by atoms with van der Waals surface area (Å²) in [6.45, 7) is 1.79. The Morgan fingerprint density at radius 1 is 1.56 bits per heavy atom. The highest BCUT2D eigenvalue weighted by Crippen LogP contribution is 2.20. The molecule has 0 unspecified atom stereocenters. The lowest BCUT2D eigenvalue weighted by Crippen LogP contribution is -2.02. The number of aromatic carboxylic acids is 1. The molecule has 0 spiro atoms. The van der Waals surface area contributed by atoms with Gasteiger partial charge in [-0.2, -0.15) is 10.4 Å². The number of nitriles is 1. The molecule has 0 amide bonds. The average Bonchev–Trinajstić information content (AvgIpc) is 2.67. The van der Waals surface area contributed by atoms with E-state index >= 15 is 0 Å². The van der Waals surface area contributed by atoms with E-state index in [9.17, 15) is 4.79 Å². The third-order valence-corrected chi connectivity index (χ3v) is 3.76. The molecule has 2 rings (SSSR count). The molecule has 1 N–H and O–H groups in total. The van der Waals surface area contributed by atoms with Gasteiger partial charge in [0.25, 0.3) is 0 Å². The predicted molar refractivity (Wildman–Crippen MR) is 72.7 cm³/mol. The molecule has 0 saturated carbocycles. The standard InChI is InChI=1S/C12H8IN3O2/c1-7-10(13)11(12(17)18)15-16(7)9-4-2-3-8(5-9)6-14/h2-5H,1H3,(H,17,18). The van der Waals surface area contributed by atoms with Crippen molar-refractivity contribution >= 4 is 28.6 Å². The van der Waals surface area contributed by atoms with Crippen molar-refractivity contribution in [2.45, 2.75) is 6.92 Å². The van der Waals surface area contributed by atoms with E-state index in [1.165, 1.54) is 4.68 Å². The van der Waals surface area contributed by atoms with Gasteiger partial charge in [-0.1, -0.05) is 6.07 Å². The van der Waals surface area contributed by atoms with Crippen molar-refractivity contribution in [2.75, 3.05) is 0 Å². The summed E-state index contributed by atoms with van der Waals surface area (Å²) in [4.78, 5) is 11.0. The molecule has 0 aliphatic carbocycles. The fourth-order valence-corrected chi connectivity index (χ4v) is 2.15. The van der Waals surface area contributed by atoms with Gasteiger partial charge in [0.2, 0.25) is 0 Å². The van der Waals surface area contributed by atoms with Crippen LogP contribution >= 0.6 is 22.6 Å². The van der Waals surface area contributed by atoms with E-state index < -0.39 is 5.97 Å². The molecule has 0 bridgehead atoms. The van der Waals surface area contributed by atoms with E-state index in [1.54, 1.807) is 31.2 Å². The zero-order valence-corrected chi connectivity index (χ0v) is 11.5. The first-order valence-corrected chi connectivity index (χ1v) is 6.11. The van der Waals surface area contributed by atoms with Crippen molar-refractivity contribution in [1.29, 1.82) is 5.26 Å². The van der Waals surface area contributed by atoms with Crippen molar-refractivity contribution in [3.63, 3.8) is 0 Å². The van der Waals surface area contributed by atoms with Gasteiger partial charge in [0.1, 0.15) is 0 Å². The van der Waals surface area contributed by atoms with Gasteiger partial charge in [-0.15, -0.1) is 0 Å². The van der Waals surface area contributed by atoms with E-state index in [0.717, 1.165) is 5.69 Å². The second kappa shape index (κ2) is 4.78. The quantitative estimate of drug-likeness (QED) is 0.841. The van der Waals surface area contributed by atoms with E-state index in [0.29, 0.717) is 14.8 Å². The molecule has 90 valence electrons. The fraction of sp³-hybridized carbons (Fsp3) is 0.0833. The summed E-state index contributed by atoms with van der Waals surface area (Å²) in [5.41, 5.74) is 1.95. The van der Waals surface area contributed by atoms with E-state index in [4.69, 9.17) is 10.4 Å². The summed E-state index contributed by atoms with van der Waals surface area (Å²) >= 11 is 1.96. The van der Waals surface area contributed by atoms with Crippen LogP contribution in [0.25, 0.3) is 5.69 Å². The SMILES string of the molecule is Cc1c(I)c(C(=O)O)nn1-c1cccc(C#N)c1. The van der Waals surface area contributed by atoms with Gasteiger partial charge in [0, 0.05) is 0 Å². The number of carbonyl (C=O) groups is 1. The molecule has 5 nitrogen and oxygen atoms in total. The minimum atomic E-state index is -1.06. The molecule has 0 aliphatic rings. The lowest BCUT2D eigenvalue weighted by Gasteiger charge is -2.04. The molecule has 0 aliphatic heterocycles. The largest absolute Gasteiger partial charge is 0.476 e. The smallest absolute Gasteiger partial charge is 0.357 e. The Labute approximate surface area is 117 Å². The number of carboxylic acid groups (broad SMARTS) is 1. The highest BCUT2D eigenvalue weighted by Gasteiger charge is 2.18. The predicted octanol–water partition coefficient (Wildman–Crippen LogP) is 2.36. The number of nitrogens with zero attached hydrogens (tertiary/aromatic N) is 3. The number of halogens is 1. The van der Waals surface area contributed by atoms with E-state index in [2.05, 4.69) is 5.10 Å². The number of benzene rings is 1. The first-order valence-electron chi connectivity index (χ1n) is 5.03. The number of hydrogen-bond donors (Lipinski definition) is 1. The number of rotatable bonds is 2. The summed E-state index contributed by atoms with van der Waals surface area (Å²) in [5.74, 6) is -1.06. The lowest BCUT2D eigenvalue weighted by molar-refractivity contribution is 0.0689. The third-order valence-electron chi connectivity index (χ3n) is 2.47. The van der Waals surface area contributed by atoms with Crippen LogP contribution in [-0.2, 0) is 0 Å². The molecule has 0 atom stereocenters. The van der Waals surface area contributed by atoms with Crippen LogP contribution in [-0.4, -0.2) is 20.9 Å². The van der Waals surface area contributed by atoms with Crippen LogP contribution in [0.2, 0.25) is 0 Å². The second-order valence-corrected chi connectivity index (χ2v) is 4.71. The van der Waals surface area contributed by atoms with Crippen LogP contribution < -0.4 is 0 Å². The van der Waals surface area contributed by atoms with Gasteiger partial charge >= 0.3 is 5.97 Å². The van der Waals surface area contributed by atoms with Gasteiger partial charge in [0.05, 0.1) is 26.6 Å². The summed E-state index contributed by atoms with van der Waals surface area (Å²) < 4.78 is 2.13. The first kappa shape index (κ1) is 12.6. The van der Waals surface area contributed by atoms with Crippen molar-refractivity contribution in [3.8, 4) is 11.8 Å². The lowest BCUT2D eigenvalue weighted by atomic mass is 10.2. The zero-order chi connectivity index (χ0) is 13.3. The zero-order valence-electron chi connectivity index (χ0n) is 9.38. The highest BCUT2D eigenvalue weighted by molar-refractivity contribution is 14.1. The third kappa shape index (κ3) is 2.09. The van der Waals surface area contributed by atoms with Gasteiger partial charge in [-0.3, -0.25) is 0 Å². The molecule has 1 heterocycles. The molecule has 0 radical (unpaired) electrons. The maximum Gasteiger partial charge on any atom is 0.357 e. The summed E-state index contributed by atoms with van der Waals surface area (Å²) in [6, 6.07) is 8.91. The minimum absolute atomic E-state index is 0.0236. The fourth-order valence-electron chi connectivity index (χ4n) is 1.58. The minimum Gasteiger partial charge on any atom is -0.476 e. The van der Waals surface area contributed by atoms with Crippen LogP contribution in [0, 0.1) is 21.8 Å². The van der Waals surface area contributed by atoms with E-state index in [1.807, 2.05) is 28.7 Å². The topological polar surface area (TPSA) is 78.9 Å². The van der Waals surface area contributed by atoms with Gasteiger partial charge in [-0.05, 0) is 47.7 Å². The van der Waals surface area contributed by atoms with Gasteiger partial charge in [-0.25, -0.2) is 9.48 Å². The normalized spacial score (nSPS) is 10.1. The Hall–Kier alpha value is -1.88. The number of hydrogen-bond acceptors (Lipinski definition) is 3. The van der Waals surface area contributed by atoms with E-state index in [-0.39, 0.29) is 5.69 Å². The second-order valence-electron chi connectivity index (χ2n) is 3.63. The van der Waals surface area contributed by atoms with Crippen LogP contribution in [0.5, 0.6) is 0 Å². The van der Waals surface area contributed by atoms with Crippen LogP contribution in [0.15, 0.2) is 24.3 Å². The molecular formula is C12H8IN3O2. The van der Waals surface area contributed by atoms with Crippen LogP contribution in [0.1, 0.15) is 21.7 Å². The Balaban J connectivity index is 2.61. The monoisotopic (exact) mass is 353 g/mol. The molecule has 2 aromatic rings. The maximum absolute atomic E-state index is 11.0. The van der Waals surface area contributed by atoms with Crippen LogP contribution in [0.3, 0.4) is 0 Å². The van der Waals surface area contributed by atoms with Crippen LogP contribution in [0.4, 0.5) is 0 Å². The average molecular weight is 353 g/mol. The van der Waals surface area contributed by atoms with Gasteiger partial charge < -0.3 is 5.11 Å². The molecule has 18 heavy (non-hydrogen) atoms. The Kier molecular flexibility index (Phi) is 3.34. The maximum atomic E-state index is 11.0. The molecule has 0 fully saturated rings. The van der Waals surface area contributed by atoms with Crippen molar-refractivity contribution < 1.29 is 9.90 Å². The summed E-state index contributed by atoms with van der Waals surface area (Å²) in [5, 5.41) is 21.9. The molecular weight excluding hydrogens is 345 g/mol. The number of aromatic nitrogens is 2. The highest BCUT2D eigenvalue weighted by atomic mass is 127. The van der Waals surface area contributed by atoms with Gasteiger partial charge in [0.15, 0.2) is 5.69 Å². The molecule has 6 heteroatoms. The summed E-state index contributed by atoms with van der Waals surface area (Å²) in [7, 11) is 0. The summed E-state index contributed by atoms with van der Waals surface area (Å²) in [6.07, 6.45) is 0. The van der Waals surface area contributed by atoms with Crippen molar-refractivity contribution in [1.82, 2.24) is 9.78 Å². The Morgan fingerprint density at radius 3 is 2.83 bits per heavy atom. The van der Waals surface area contributed by atoms with Crippen molar-refractivity contribution in [2.24, 2.45) is 0 Å². The molecule has 0 saturated heterocycles. The Bertz CT molecular complexity index is 670. The number of carboxylic acids is 1. The first-order chi connectivity index (χ1) is 8.54. The molecule has 1 aromatic heterocycles.